The van der Waals surface area contributed by atoms with Crippen molar-refractivity contribution in [1.82, 2.24) is 9.97 Å². The van der Waals surface area contributed by atoms with Gasteiger partial charge in [-0.05, 0) is 29.8 Å². The Morgan fingerprint density at radius 1 is 1.10 bits per heavy atom. The smallest absolute Gasteiger partial charge is 0.256 e. The van der Waals surface area contributed by atoms with Crippen molar-refractivity contribution in [3.05, 3.63) is 82.5 Å². The highest BCUT2D eigenvalue weighted by molar-refractivity contribution is 7.23. The summed E-state index contributed by atoms with van der Waals surface area (Å²) in [4.78, 5) is 19.9. The number of fused-ring (bicyclic) bond motifs is 6. The molecule has 3 N–H and O–H groups in total. The van der Waals surface area contributed by atoms with E-state index in [1.807, 2.05) is 36.4 Å². The van der Waals surface area contributed by atoms with E-state index in [0.717, 1.165) is 21.0 Å². The van der Waals surface area contributed by atoms with Crippen molar-refractivity contribution >= 4 is 48.2 Å². The molecule has 0 unspecified atom stereocenters. The fraction of sp³-hybridized carbons (Fsp3) is 0.0909. The Bertz CT molecular complexity index is 1410. The minimum absolute atomic E-state index is 0.0910. The summed E-state index contributed by atoms with van der Waals surface area (Å²) in [6, 6.07) is 15.5. The molecule has 0 aliphatic rings. The molecule has 5 nitrogen and oxygen atoms in total. The maximum absolute atomic E-state index is 13.9. The highest BCUT2D eigenvalue weighted by atomic mass is 32.1. The molecule has 0 amide bonds. The molecule has 0 spiro atoms. The molecule has 0 bridgehead atoms. The van der Waals surface area contributed by atoms with Crippen LogP contribution >= 0.6 is 11.3 Å². The second-order valence-corrected chi connectivity index (χ2v) is 7.77. The van der Waals surface area contributed by atoms with Gasteiger partial charge in [0.1, 0.15) is 5.82 Å². The van der Waals surface area contributed by atoms with E-state index in [2.05, 4.69) is 10.3 Å². The van der Waals surface area contributed by atoms with E-state index in [9.17, 15) is 14.3 Å². The molecule has 7 heteroatoms. The van der Waals surface area contributed by atoms with Crippen LogP contribution in [0, 0.1) is 5.82 Å². The second-order valence-electron chi connectivity index (χ2n) is 6.77. The third-order valence-corrected chi connectivity index (χ3v) is 6.04. The van der Waals surface area contributed by atoms with Crippen molar-refractivity contribution in [3.63, 3.8) is 0 Å². The quantitative estimate of drug-likeness (QED) is 0.383. The number of nitrogens with one attached hydrogen (secondary N) is 2. The van der Waals surface area contributed by atoms with E-state index in [4.69, 9.17) is 4.98 Å². The summed E-state index contributed by atoms with van der Waals surface area (Å²) in [7, 11) is 0. The van der Waals surface area contributed by atoms with E-state index in [1.165, 1.54) is 23.5 Å². The van der Waals surface area contributed by atoms with Gasteiger partial charge in [-0.2, -0.15) is 0 Å². The molecule has 2 aromatic heterocycles. The van der Waals surface area contributed by atoms with Gasteiger partial charge in [0.15, 0.2) is 5.13 Å². The van der Waals surface area contributed by atoms with Gasteiger partial charge >= 0.3 is 0 Å². The molecule has 0 aliphatic heterocycles. The topological polar surface area (TPSA) is 78.0 Å². The summed E-state index contributed by atoms with van der Waals surface area (Å²) < 4.78 is 14.8. The number of nitrogens with zero attached hydrogens (tertiary/aromatic N) is 1. The first kappa shape index (κ1) is 17.8. The molecule has 0 saturated heterocycles. The van der Waals surface area contributed by atoms with Gasteiger partial charge in [0.25, 0.3) is 5.56 Å². The summed E-state index contributed by atoms with van der Waals surface area (Å²) >= 11 is 1.41. The molecule has 144 valence electrons. The Balaban J connectivity index is 1.75. The van der Waals surface area contributed by atoms with E-state index >= 15 is 0 Å². The third-order valence-electron chi connectivity index (χ3n) is 5.02. The highest BCUT2D eigenvalue weighted by Gasteiger charge is 2.18. The number of aromatic nitrogens is 2. The van der Waals surface area contributed by atoms with Gasteiger partial charge in [0.05, 0.1) is 28.3 Å². The van der Waals surface area contributed by atoms with E-state index in [1.54, 1.807) is 12.3 Å². The Hall–Kier alpha value is -3.29. The number of rotatable bonds is 4. The van der Waals surface area contributed by atoms with Crippen LogP contribution in [0.4, 0.5) is 9.52 Å². The lowest BCUT2D eigenvalue weighted by Crippen LogP contribution is -2.14. The number of anilines is 1. The molecule has 5 rings (SSSR count). The lowest BCUT2D eigenvalue weighted by molar-refractivity contribution is 0.276. The Morgan fingerprint density at radius 3 is 2.72 bits per heavy atom. The average Bonchev–Trinajstić information content (AvgIpc) is 3.17. The van der Waals surface area contributed by atoms with Crippen LogP contribution in [-0.2, 0) is 0 Å². The monoisotopic (exact) mass is 405 g/mol. The van der Waals surface area contributed by atoms with Gasteiger partial charge in [-0.15, -0.1) is 0 Å². The normalized spacial score (nSPS) is 12.6. The Morgan fingerprint density at radius 2 is 1.93 bits per heavy atom. The van der Waals surface area contributed by atoms with Crippen LogP contribution in [0.25, 0.3) is 31.8 Å². The number of halogens is 1. The van der Waals surface area contributed by atoms with Crippen molar-refractivity contribution in [2.45, 2.75) is 6.04 Å². The molecule has 0 fully saturated rings. The standard InChI is InChI=1S/C22H16FN3O2S/c23-13-6-7-14-16(10-13)18-15(8-9-24-21(18)28)20-19(14)26-22(29-20)25-17(11-27)12-4-2-1-3-5-12/h1-10,17,27H,11H2,(H,24,28)(H,25,26)/t17-/m1/s1. The van der Waals surface area contributed by atoms with E-state index in [0.29, 0.717) is 21.4 Å². The third kappa shape index (κ3) is 2.95. The Kier molecular flexibility index (Phi) is 4.26. The molecule has 1 atom stereocenters. The molecule has 0 aliphatic carbocycles. The second kappa shape index (κ2) is 6.95. The minimum atomic E-state index is -0.403. The molecule has 5 aromatic rings. The van der Waals surface area contributed by atoms with Crippen LogP contribution in [-0.4, -0.2) is 21.7 Å². The average molecular weight is 405 g/mol. The molecular weight excluding hydrogens is 389 g/mol. The van der Waals surface area contributed by atoms with Crippen LogP contribution in [0.3, 0.4) is 0 Å². The first-order chi connectivity index (χ1) is 14.2. The largest absolute Gasteiger partial charge is 0.394 e. The summed E-state index contributed by atoms with van der Waals surface area (Å²) in [5, 5.41) is 16.2. The predicted molar refractivity (Wildman–Crippen MR) is 115 cm³/mol. The molecule has 0 saturated carbocycles. The number of hydrogen-bond donors (Lipinski definition) is 3. The Labute approximate surface area is 168 Å². The highest BCUT2D eigenvalue weighted by Crippen LogP contribution is 2.39. The zero-order valence-electron chi connectivity index (χ0n) is 15.1. The minimum Gasteiger partial charge on any atom is -0.394 e. The van der Waals surface area contributed by atoms with Gasteiger partial charge < -0.3 is 15.4 Å². The first-order valence-electron chi connectivity index (χ1n) is 9.11. The lowest BCUT2D eigenvalue weighted by Gasteiger charge is -2.15. The van der Waals surface area contributed by atoms with Gasteiger partial charge in [-0.3, -0.25) is 4.79 Å². The fourth-order valence-electron chi connectivity index (χ4n) is 3.68. The maximum Gasteiger partial charge on any atom is 0.256 e. The van der Waals surface area contributed by atoms with Crippen LogP contribution in [0.5, 0.6) is 0 Å². The van der Waals surface area contributed by atoms with Gasteiger partial charge in [-0.25, -0.2) is 9.37 Å². The molecule has 29 heavy (non-hydrogen) atoms. The maximum atomic E-state index is 13.9. The number of aliphatic hydroxyl groups is 1. The number of H-pyrrole nitrogens is 1. The number of aromatic amines is 1. The van der Waals surface area contributed by atoms with E-state index in [-0.39, 0.29) is 18.2 Å². The van der Waals surface area contributed by atoms with E-state index < -0.39 is 5.82 Å². The van der Waals surface area contributed by atoms with Gasteiger partial charge in [0.2, 0.25) is 0 Å². The van der Waals surface area contributed by atoms with Gasteiger partial charge in [-0.1, -0.05) is 41.7 Å². The van der Waals surface area contributed by atoms with Crippen LogP contribution < -0.4 is 10.9 Å². The van der Waals surface area contributed by atoms with Crippen LogP contribution in [0.15, 0.2) is 65.6 Å². The molecular formula is C22H16FN3O2S. The van der Waals surface area contributed by atoms with Crippen LogP contribution in [0.2, 0.25) is 0 Å². The SMILES string of the molecule is O=c1[nH]ccc2c3sc(N[C@H](CO)c4ccccc4)nc3c3ccc(F)cc3c12. The molecule has 0 radical (unpaired) electrons. The van der Waals surface area contributed by atoms with Crippen molar-refractivity contribution in [2.24, 2.45) is 0 Å². The predicted octanol–water partition coefficient (Wildman–Crippen LogP) is 4.58. The summed E-state index contributed by atoms with van der Waals surface area (Å²) in [5.41, 5.74) is 1.39. The van der Waals surface area contributed by atoms with Crippen molar-refractivity contribution in [3.8, 4) is 0 Å². The summed E-state index contributed by atoms with van der Waals surface area (Å²) in [6.45, 7) is -0.0910. The molecule has 2 heterocycles. The zero-order chi connectivity index (χ0) is 20.0. The van der Waals surface area contributed by atoms with Crippen LogP contribution in [0.1, 0.15) is 11.6 Å². The number of aliphatic hydroxyl groups excluding tert-OH is 1. The van der Waals surface area contributed by atoms with Crippen molar-refractivity contribution < 1.29 is 9.50 Å². The summed E-state index contributed by atoms with van der Waals surface area (Å²) in [6.07, 6.45) is 1.59. The molecule has 3 aromatic carbocycles. The van der Waals surface area contributed by atoms with Crippen molar-refractivity contribution in [1.29, 1.82) is 0 Å². The number of hydrogen-bond acceptors (Lipinski definition) is 5. The summed E-state index contributed by atoms with van der Waals surface area (Å²) in [5.74, 6) is -0.403. The fourth-order valence-corrected chi connectivity index (χ4v) is 4.74. The van der Waals surface area contributed by atoms with Crippen molar-refractivity contribution in [2.75, 3.05) is 11.9 Å². The number of thiazole rings is 1. The lowest BCUT2D eigenvalue weighted by atomic mass is 10.0. The zero-order valence-corrected chi connectivity index (χ0v) is 16.0. The number of pyridine rings is 1. The first-order valence-corrected chi connectivity index (χ1v) is 9.93. The number of benzene rings is 3. The van der Waals surface area contributed by atoms with Gasteiger partial charge in [0, 0.05) is 22.4 Å².